The fraction of sp³-hybridized carbons (Fsp3) is 0.548. The number of hydrogen-bond acceptors (Lipinski definition) is 4. The van der Waals surface area contributed by atoms with Crippen molar-refractivity contribution in [3.63, 3.8) is 0 Å². The second-order valence-corrected chi connectivity index (χ2v) is 10.4. The van der Waals surface area contributed by atoms with Crippen molar-refractivity contribution in [3.05, 3.63) is 66.3 Å². The van der Waals surface area contributed by atoms with Gasteiger partial charge in [-0.1, -0.05) is 95.0 Å². The molecule has 0 atom stereocenters. The van der Waals surface area contributed by atoms with Gasteiger partial charge in [0.05, 0.1) is 0 Å². The Morgan fingerprint density at radius 3 is 2.06 bits per heavy atom. The Hall–Kier alpha value is -2.27. The number of carboxylic acid groups (broad SMARTS) is 1. The van der Waals surface area contributed by atoms with Gasteiger partial charge in [-0.25, -0.2) is 4.79 Å². The number of rotatable bonds is 20. The van der Waals surface area contributed by atoms with Gasteiger partial charge in [-0.15, -0.1) is 11.8 Å². The van der Waals surface area contributed by atoms with E-state index in [1.807, 2.05) is 13.8 Å². The molecule has 1 aromatic rings. The van der Waals surface area contributed by atoms with E-state index < -0.39 is 10.7 Å². The zero-order valence-corrected chi connectivity index (χ0v) is 23.4. The Kier molecular flexibility index (Phi) is 17.5. The molecule has 4 nitrogen and oxygen atoms in total. The van der Waals surface area contributed by atoms with Gasteiger partial charge in [-0.3, -0.25) is 4.79 Å². The van der Waals surface area contributed by atoms with Crippen molar-refractivity contribution >= 4 is 23.7 Å². The lowest BCUT2D eigenvalue weighted by Crippen LogP contribution is -2.38. The van der Waals surface area contributed by atoms with Crippen LogP contribution in [0.5, 0.6) is 5.75 Å². The molecule has 1 N–H and O–H groups in total. The molecule has 1 rings (SSSR count). The molecule has 0 saturated heterocycles. The highest BCUT2D eigenvalue weighted by atomic mass is 32.2. The van der Waals surface area contributed by atoms with Crippen LogP contribution in [0.1, 0.15) is 108 Å². The number of esters is 1. The smallest absolute Gasteiger partial charge is 0.339 e. The van der Waals surface area contributed by atoms with Crippen molar-refractivity contribution in [2.75, 3.05) is 5.75 Å². The van der Waals surface area contributed by atoms with Crippen molar-refractivity contribution in [2.45, 2.75) is 103 Å². The summed E-state index contributed by atoms with van der Waals surface area (Å²) in [5, 5.41) is 9.36. The summed E-state index contributed by atoms with van der Waals surface area (Å²) in [4.78, 5) is 24.5. The maximum Gasteiger partial charge on any atom is 0.339 e. The van der Waals surface area contributed by atoms with E-state index in [0.717, 1.165) is 37.9 Å². The molecule has 0 aliphatic heterocycles. The molecule has 0 spiro atoms. The average Bonchev–Trinajstić information content (AvgIpc) is 2.88. The van der Waals surface area contributed by atoms with Gasteiger partial charge < -0.3 is 9.84 Å². The summed E-state index contributed by atoms with van der Waals surface area (Å²) in [6.07, 6.45) is 26.3. The maximum absolute atomic E-state index is 13.0. The molecule has 1 aromatic carbocycles. The highest BCUT2D eigenvalue weighted by Crippen LogP contribution is 2.36. The third-order valence-corrected chi connectivity index (χ3v) is 8.05. The number of carboxylic acids is 1. The fourth-order valence-electron chi connectivity index (χ4n) is 3.89. The standard InChI is InChI=1S/C31H46O4S/c1-4-7-8-9-10-11-12-13-14-15-16-17-18-19-20-23-26-36-31(5-2,6-3)30(34)35-28-25-22-21-24-27(28)29(32)33/h7-8,10-11,13-14,21-22,24-25H,4-6,9,12,15-20,23,26H2,1-3H3,(H,32,33). The molecule has 0 bridgehead atoms. The van der Waals surface area contributed by atoms with E-state index in [4.69, 9.17) is 4.74 Å². The van der Waals surface area contributed by atoms with Crippen molar-refractivity contribution in [1.82, 2.24) is 0 Å². The van der Waals surface area contributed by atoms with Gasteiger partial charge in [-0.2, -0.15) is 0 Å². The molecule has 0 aromatic heterocycles. The summed E-state index contributed by atoms with van der Waals surface area (Å²) in [5.41, 5.74) is 0.0137. The lowest BCUT2D eigenvalue weighted by atomic mass is 10.0. The Morgan fingerprint density at radius 2 is 1.42 bits per heavy atom. The summed E-state index contributed by atoms with van der Waals surface area (Å²) in [6.45, 7) is 6.15. The number of unbranched alkanes of at least 4 members (excludes halogenated alkanes) is 6. The van der Waals surface area contributed by atoms with Gasteiger partial charge in [0, 0.05) is 0 Å². The van der Waals surface area contributed by atoms with Crippen LogP contribution >= 0.6 is 11.8 Å². The Bertz CT molecular complexity index is 837. The van der Waals surface area contributed by atoms with E-state index in [-0.39, 0.29) is 17.3 Å². The molecule has 0 amide bonds. The van der Waals surface area contributed by atoms with Gasteiger partial charge in [-0.05, 0) is 69.3 Å². The monoisotopic (exact) mass is 514 g/mol. The van der Waals surface area contributed by atoms with Gasteiger partial charge in [0.15, 0.2) is 0 Å². The van der Waals surface area contributed by atoms with E-state index >= 15 is 0 Å². The number of para-hydroxylation sites is 1. The topological polar surface area (TPSA) is 63.6 Å². The largest absolute Gasteiger partial charge is 0.478 e. The lowest BCUT2D eigenvalue weighted by molar-refractivity contribution is -0.137. The normalized spacial score (nSPS) is 12.2. The predicted octanol–water partition coefficient (Wildman–Crippen LogP) is 9.17. The highest BCUT2D eigenvalue weighted by Gasteiger charge is 2.37. The van der Waals surface area contributed by atoms with Crippen LogP contribution in [-0.2, 0) is 4.79 Å². The van der Waals surface area contributed by atoms with Crippen LogP contribution in [0.2, 0.25) is 0 Å². The van der Waals surface area contributed by atoms with Gasteiger partial charge in [0.2, 0.25) is 0 Å². The van der Waals surface area contributed by atoms with Crippen molar-refractivity contribution in [1.29, 1.82) is 0 Å². The Labute approximate surface area is 223 Å². The zero-order chi connectivity index (χ0) is 26.5. The molecule has 0 aliphatic carbocycles. The van der Waals surface area contributed by atoms with Crippen LogP contribution in [0.4, 0.5) is 0 Å². The Balaban J connectivity index is 2.24. The summed E-state index contributed by atoms with van der Waals surface area (Å²) < 4.78 is 4.95. The summed E-state index contributed by atoms with van der Waals surface area (Å²) >= 11 is 1.66. The molecule has 5 heteroatoms. The molecular weight excluding hydrogens is 468 g/mol. The second kappa shape index (κ2) is 19.9. The summed E-state index contributed by atoms with van der Waals surface area (Å²) in [6, 6.07) is 6.32. The molecule has 36 heavy (non-hydrogen) atoms. The first-order valence-electron chi connectivity index (χ1n) is 13.6. The van der Waals surface area contributed by atoms with E-state index in [0.29, 0.717) is 12.8 Å². The van der Waals surface area contributed by atoms with Gasteiger partial charge in [0.25, 0.3) is 0 Å². The number of carbonyl (C=O) groups is 2. The van der Waals surface area contributed by atoms with Gasteiger partial charge in [0.1, 0.15) is 16.1 Å². The summed E-state index contributed by atoms with van der Waals surface area (Å²) in [7, 11) is 0. The molecule has 0 heterocycles. The van der Waals surface area contributed by atoms with Crippen LogP contribution < -0.4 is 4.74 Å². The molecule has 0 unspecified atom stereocenters. The number of allylic oxidation sites excluding steroid dienone is 6. The third-order valence-electron chi connectivity index (χ3n) is 6.26. The van der Waals surface area contributed by atoms with E-state index in [1.165, 1.54) is 38.2 Å². The van der Waals surface area contributed by atoms with Crippen molar-refractivity contribution in [2.24, 2.45) is 0 Å². The minimum absolute atomic E-state index is 0.0137. The van der Waals surface area contributed by atoms with Crippen LogP contribution in [0, 0.1) is 0 Å². The Morgan fingerprint density at radius 1 is 0.833 bits per heavy atom. The van der Waals surface area contributed by atoms with E-state index in [9.17, 15) is 14.7 Å². The molecule has 0 saturated carbocycles. The fourth-order valence-corrected chi connectivity index (χ4v) is 5.20. The van der Waals surface area contributed by atoms with Crippen LogP contribution in [0.3, 0.4) is 0 Å². The first kappa shape index (κ1) is 31.8. The first-order chi connectivity index (χ1) is 17.5. The number of carbonyl (C=O) groups excluding carboxylic acids is 1. The van der Waals surface area contributed by atoms with Crippen LogP contribution in [-0.4, -0.2) is 27.5 Å². The molecular formula is C31H46O4S. The molecule has 0 fully saturated rings. The van der Waals surface area contributed by atoms with Crippen LogP contribution in [0.15, 0.2) is 60.7 Å². The highest BCUT2D eigenvalue weighted by molar-refractivity contribution is 8.01. The minimum atomic E-state index is -1.09. The second-order valence-electron chi connectivity index (χ2n) is 8.94. The predicted molar refractivity (Wildman–Crippen MR) is 154 cm³/mol. The summed E-state index contributed by atoms with van der Waals surface area (Å²) in [5.74, 6) is -0.415. The van der Waals surface area contributed by atoms with E-state index in [2.05, 4.69) is 43.4 Å². The first-order valence-corrected chi connectivity index (χ1v) is 14.6. The van der Waals surface area contributed by atoms with Crippen molar-refractivity contribution < 1.29 is 19.4 Å². The minimum Gasteiger partial charge on any atom is -0.478 e. The van der Waals surface area contributed by atoms with Crippen molar-refractivity contribution in [3.8, 4) is 5.75 Å². The zero-order valence-electron chi connectivity index (χ0n) is 22.5. The number of ether oxygens (including phenoxy) is 1. The molecule has 200 valence electrons. The lowest BCUT2D eigenvalue weighted by Gasteiger charge is -2.28. The van der Waals surface area contributed by atoms with Crippen LogP contribution in [0.25, 0.3) is 0 Å². The average molecular weight is 515 g/mol. The number of benzene rings is 1. The van der Waals surface area contributed by atoms with Gasteiger partial charge >= 0.3 is 11.9 Å². The maximum atomic E-state index is 13.0. The number of aromatic carboxylic acids is 1. The number of thioether (sulfide) groups is 1. The molecule has 0 radical (unpaired) electrons. The third kappa shape index (κ3) is 12.6. The number of hydrogen-bond donors (Lipinski definition) is 1. The molecule has 0 aliphatic rings. The SMILES string of the molecule is CCC=CCC=CCC=CCCCCCCCCSC(CC)(CC)C(=O)Oc1ccccc1C(=O)O. The van der Waals surface area contributed by atoms with E-state index in [1.54, 1.807) is 30.0 Å². The quantitative estimate of drug-likeness (QED) is 0.0813.